The van der Waals surface area contributed by atoms with Crippen molar-refractivity contribution < 1.29 is 34.1 Å². The molecule has 2 aliphatic rings. The second kappa shape index (κ2) is 8.47. The summed E-state index contributed by atoms with van der Waals surface area (Å²) in [6.07, 6.45) is -1.16. The highest BCUT2D eigenvalue weighted by atomic mass is 16.6. The van der Waals surface area contributed by atoms with E-state index >= 15 is 0 Å². The molecule has 9 heteroatoms. The van der Waals surface area contributed by atoms with E-state index in [2.05, 4.69) is 5.32 Å². The number of aliphatic hydroxyl groups is 1. The number of likely N-dealkylation sites (tertiary alicyclic amines) is 1. The number of carboxylic acids is 1. The first-order valence-corrected chi connectivity index (χ1v) is 10.4. The minimum absolute atomic E-state index is 0.194. The Morgan fingerprint density at radius 1 is 1.29 bits per heavy atom. The number of benzene rings is 1. The number of carbonyl (C=O) groups is 3. The van der Waals surface area contributed by atoms with Crippen LogP contribution in [0, 0.1) is 6.92 Å². The Balaban J connectivity index is 1.63. The lowest BCUT2D eigenvalue weighted by molar-refractivity contribution is -0.147. The van der Waals surface area contributed by atoms with Gasteiger partial charge in [-0.2, -0.15) is 0 Å². The quantitative estimate of drug-likeness (QED) is 0.602. The van der Waals surface area contributed by atoms with E-state index in [0.29, 0.717) is 25.2 Å². The Morgan fingerprint density at radius 2 is 1.94 bits per heavy atom. The molecule has 3 rings (SSSR count). The molecular weight excluding hydrogens is 404 g/mol. The third kappa shape index (κ3) is 4.99. The van der Waals surface area contributed by atoms with Gasteiger partial charge >= 0.3 is 18.0 Å². The van der Waals surface area contributed by atoms with E-state index in [1.54, 1.807) is 32.9 Å². The number of esters is 1. The number of piperidine rings is 1. The molecule has 2 aliphatic heterocycles. The van der Waals surface area contributed by atoms with Crippen LogP contribution in [0.1, 0.15) is 66.8 Å². The number of ether oxygens (including phenoxy) is 2. The summed E-state index contributed by atoms with van der Waals surface area (Å²) < 4.78 is 10.3. The molecule has 0 aromatic heterocycles. The fraction of sp³-hybridized carbons (Fsp3) is 0.591. The van der Waals surface area contributed by atoms with Crippen molar-refractivity contribution in [3.8, 4) is 0 Å². The van der Waals surface area contributed by atoms with E-state index in [9.17, 15) is 24.6 Å². The third-order valence-electron chi connectivity index (χ3n) is 5.86. The SMILES string of the molecule is Cc1c([C@@H](O)CN2CCC(NC(=O)OC(C)(C)C)(C(=O)O)CC2)ccc2c1COC2=O. The summed E-state index contributed by atoms with van der Waals surface area (Å²) in [4.78, 5) is 37.8. The van der Waals surface area contributed by atoms with Crippen LogP contribution in [0.5, 0.6) is 0 Å². The predicted octanol–water partition coefficient (Wildman–Crippen LogP) is 2.14. The van der Waals surface area contributed by atoms with Crippen LogP contribution in [-0.2, 0) is 20.9 Å². The third-order valence-corrected chi connectivity index (χ3v) is 5.86. The van der Waals surface area contributed by atoms with Gasteiger partial charge < -0.3 is 29.9 Å². The summed E-state index contributed by atoms with van der Waals surface area (Å²) >= 11 is 0. The molecule has 0 unspecified atom stereocenters. The van der Waals surface area contributed by atoms with Gasteiger partial charge in [0.25, 0.3) is 0 Å². The predicted molar refractivity (Wildman–Crippen MR) is 111 cm³/mol. The lowest BCUT2D eigenvalue weighted by Crippen LogP contribution is -2.60. The number of aliphatic carboxylic acids is 1. The summed E-state index contributed by atoms with van der Waals surface area (Å²) in [5.74, 6) is -1.45. The lowest BCUT2D eigenvalue weighted by Gasteiger charge is -2.40. The standard InChI is InChI=1S/C22H30N2O7/c1-13-14(5-6-15-16(13)12-30-18(15)26)17(25)11-24-9-7-22(8-10-24,19(27)28)23-20(29)31-21(2,3)4/h5-6,17,25H,7-12H2,1-4H3,(H,23,29)(H,27,28)/t17-/m0/s1. The van der Waals surface area contributed by atoms with Crippen molar-refractivity contribution in [2.24, 2.45) is 0 Å². The largest absolute Gasteiger partial charge is 0.480 e. The van der Waals surface area contributed by atoms with Gasteiger partial charge in [0.1, 0.15) is 17.7 Å². The number of hydrogen-bond acceptors (Lipinski definition) is 7. The molecule has 2 heterocycles. The van der Waals surface area contributed by atoms with Crippen LogP contribution in [0.2, 0.25) is 0 Å². The molecule has 1 aromatic rings. The van der Waals surface area contributed by atoms with E-state index in [1.165, 1.54) is 0 Å². The van der Waals surface area contributed by atoms with E-state index in [-0.39, 0.29) is 25.4 Å². The zero-order valence-electron chi connectivity index (χ0n) is 18.4. The Bertz CT molecular complexity index is 883. The molecule has 0 bridgehead atoms. The molecule has 1 amide bonds. The number of amides is 1. The Kier molecular flexibility index (Phi) is 6.29. The summed E-state index contributed by atoms with van der Waals surface area (Å²) in [5, 5.41) is 23.1. The second-order valence-corrected chi connectivity index (χ2v) is 9.21. The van der Waals surface area contributed by atoms with Crippen molar-refractivity contribution in [2.45, 2.75) is 64.4 Å². The maximum Gasteiger partial charge on any atom is 0.408 e. The number of carbonyl (C=O) groups excluding carboxylic acids is 2. The highest BCUT2D eigenvalue weighted by molar-refractivity contribution is 5.94. The lowest BCUT2D eigenvalue weighted by atomic mass is 9.87. The summed E-state index contributed by atoms with van der Waals surface area (Å²) in [6.45, 7) is 8.32. The number of aliphatic hydroxyl groups excluding tert-OH is 1. The molecule has 0 spiro atoms. The van der Waals surface area contributed by atoms with Crippen LogP contribution in [0.25, 0.3) is 0 Å². The van der Waals surface area contributed by atoms with E-state index in [1.807, 2.05) is 11.8 Å². The molecule has 170 valence electrons. The first-order valence-electron chi connectivity index (χ1n) is 10.4. The molecule has 1 saturated heterocycles. The van der Waals surface area contributed by atoms with Gasteiger partial charge in [-0.3, -0.25) is 0 Å². The first-order chi connectivity index (χ1) is 14.4. The van der Waals surface area contributed by atoms with E-state index < -0.39 is 29.3 Å². The number of β-amino-alcohol motifs (C(OH)–C–C–N with tert-alkyl or cyclic N) is 1. The number of cyclic esters (lactones) is 1. The van der Waals surface area contributed by atoms with Crippen molar-refractivity contribution in [3.63, 3.8) is 0 Å². The zero-order valence-corrected chi connectivity index (χ0v) is 18.4. The molecule has 31 heavy (non-hydrogen) atoms. The molecule has 0 aliphatic carbocycles. The fourth-order valence-corrected chi connectivity index (χ4v) is 4.08. The van der Waals surface area contributed by atoms with Crippen molar-refractivity contribution >= 4 is 18.0 Å². The van der Waals surface area contributed by atoms with Gasteiger partial charge in [0.15, 0.2) is 0 Å². The van der Waals surface area contributed by atoms with Crippen LogP contribution in [0.15, 0.2) is 12.1 Å². The monoisotopic (exact) mass is 434 g/mol. The molecule has 3 N–H and O–H groups in total. The Morgan fingerprint density at radius 3 is 2.52 bits per heavy atom. The average Bonchev–Trinajstić information content (AvgIpc) is 3.04. The number of nitrogens with one attached hydrogen (secondary N) is 1. The normalized spacial score (nSPS) is 19.3. The van der Waals surface area contributed by atoms with Gasteiger partial charge in [0.2, 0.25) is 0 Å². The van der Waals surface area contributed by atoms with E-state index in [0.717, 1.165) is 16.7 Å². The minimum Gasteiger partial charge on any atom is -0.480 e. The van der Waals surface area contributed by atoms with Gasteiger partial charge in [-0.1, -0.05) is 6.07 Å². The van der Waals surface area contributed by atoms with Gasteiger partial charge in [0.05, 0.1) is 11.7 Å². The van der Waals surface area contributed by atoms with Gasteiger partial charge in [-0.15, -0.1) is 0 Å². The molecule has 9 nitrogen and oxygen atoms in total. The van der Waals surface area contributed by atoms with Gasteiger partial charge in [0, 0.05) is 25.2 Å². The number of nitrogens with zero attached hydrogens (tertiary/aromatic N) is 1. The number of carboxylic acid groups (broad SMARTS) is 1. The smallest absolute Gasteiger partial charge is 0.408 e. The minimum atomic E-state index is -1.40. The highest BCUT2D eigenvalue weighted by Crippen LogP contribution is 2.31. The fourth-order valence-electron chi connectivity index (χ4n) is 4.08. The second-order valence-electron chi connectivity index (χ2n) is 9.21. The van der Waals surface area contributed by atoms with Crippen LogP contribution in [0.3, 0.4) is 0 Å². The molecule has 1 atom stereocenters. The summed E-state index contributed by atoms with van der Waals surface area (Å²) in [6, 6.07) is 3.41. The van der Waals surface area contributed by atoms with Crippen molar-refractivity contribution in [1.82, 2.24) is 10.2 Å². The van der Waals surface area contributed by atoms with Crippen molar-refractivity contribution in [1.29, 1.82) is 0 Å². The van der Waals surface area contributed by atoms with Gasteiger partial charge in [-0.25, -0.2) is 14.4 Å². The Hall–Kier alpha value is -2.65. The highest BCUT2D eigenvalue weighted by Gasteiger charge is 2.44. The van der Waals surface area contributed by atoms with Crippen LogP contribution in [0.4, 0.5) is 4.79 Å². The van der Waals surface area contributed by atoms with Gasteiger partial charge in [-0.05, 0) is 57.7 Å². The summed E-state index contributed by atoms with van der Waals surface area (Å²) in [7, 11) is 0. The molecule has 0 radical (unpaired) electrons. The topological polar surface area (TPSA) is 125 Å². The maximum atomic E-state index is 12.1. The number of fused-ring (bicyclic) bond motifs is 1. The van der Waals surface area contributed by atoms with Crippen molar-refractivity contribution in [2.75, 3.05) is 19.6 Å². The number of alkyl carbamates (subject to hydrolysis) is 1. The average molecular weight is 434 g/mol. The maximum absolute atomic E-state index is 12.1. The molecule has 1 aromatic carbocycles. The van der Waals surface area contributed by atoms with Crippen LogP contribution in [-0.4, -0.2) is 63.9 Å². The summed E-state index contributed by atoms with van der Waals surface area (Å²) in [5.41, 5.74) is 0.763. The van der Waals surface area contributed by atoms with Crippen LogP contribution < -0.4 is 5.32 Å². The van der Waals surface area contributed by atoms with E-state index in [4.69, 9.17) is 9.47 Å². The molecular formula is C22H30N2O7. The number of hydrogen-bond donors (Lipinski definition) is 3. The molecule has 1 fully saturated rings. The van der Waals surface area contributed by atoms with Crippen LogP contribution >= 0.6 is 0 Å². The molecule has 0 saturated carbocycles. The van der Waals surface area contributed by atoms with Crippen molar-refractivity contribution in [3.05, 3.63) is 34.4 Å². The number of rotatable bonds is 5. The first kappa shape index (κ1) is 23.0. The zero-order chi connectivity index (χ0) is 23.0. The Labute approximate surface area is 181 Å².